The van der Waals surface area contributed by atoms with Gasteiger partial charge in [-0.25, -0.2) is 0 Å². The number of nitrogens with one attached hydrogen (secondary N) is 2. The summed E-state index contributed by atoms with van der Waals surface area (Å²) in [6.45, 7) is 0.760. The van der Waals surface area contributed by atoms with E-state index < -0.39 is 0 Å². The quantitative estimate of drug-likeness (QED) is 0.600. The minimum absolute atomic E-state index is 0.760. The van der Waals surface area contributed by atoms with Crippen molar-refractivity contribution in [3.05, 3.63) is 84.4 Å². The highest BCUT2D eigenvalue weighted by molar-refractivity contribution is 5.62. The molecule has 3 rings (SSSR count). The third-order valence-electron chi connectivity index (χ3n) is 3.40. The summed E-state index contributed by atoms with van der Waals surface area (Å²) in [6.07, 6.45) is 0. The molecule has 0 aliphatic carbocycles. The highest BCUT2D eigenvalue weighted by Crippen LogP contribution is 2.19. The van der Waals surface area contributed by atoms with Crippen LogP contribution in [0.5, 0.6) is 0 Å². The molecule has 3 aromatic rings. The van der Waals surface area contributed by atoms with Gasteiger partial charge in [-0.3, -0.25) is 0 Å². The van der Waals surface area contributed by atoms with Gasteiger partial charge in [-0.05, 0) is 54.1 Å². The third-order valence-corrected chi connectivity index (χ3v) is 3.40. The number of hydrogen-bond donors (Lipinski definition) is 3. The van der Waals surface area contributed by atoms with E-state index in [9.17, 15) is 0 Å². The van der Waals surface area contributed by atoms with Crippen molar-refractivity contribution in [2.24, 2.45) is 0 Å². The second-order valence-electron chi connectivity index (χ2n) is 5.17. The summed E-state index contributed by atoms with van der Waals surface area (Å²) in [4.78, 5) is 0. The van der Waals surface area contributed by atoms with Crippen molar-refractivity contribution in [2.45, 2.75) is 6.54 Å². The van der Waals surface area contributed by atoms with Crippen LogP contribution < -0.4 is 16.4 Å². The Hall–Kier alpha value is -2.94. The minimum atomic E-state index is 0.760. The van der Waals surface area contributed by atoms with E-state index in [1.54, 1.807) is 0 Å². The van der Waals surface area contributed by atoms with Gasteiger partial charge in [0, 0.05) is 29.3 Å². The molecule has 0 saturated carbocycles. The Bertz CT molecular complexity index is 721. The van der Waals surface area contributed by atoms with E-state index in [0.717, 1.165) is 29.3 Å². The molecule has 0 atom stereocenters. The van der Waals surface area contributed by atoms with Crippen LogP contribution in [0.3, 0.4) is 0 Å². The number of hydrogen-bond acceptors (Lipinski definition) is 3. The Balaban J connectivity index is 1.60. The van der Waals surface area contributed by atoms with Gasteiger partial charge in [0.15, 0.2) is 0 Å². The van der Waals surface area contributed by atoms with Crippen LogP contribution in [-0.2, 0) is 6.54 Å². The molecule has 0 radical (unpaired) electrons. The standard InChI is InChI=1S/C19H19N3/c20-16-6-4-5-15(13-16)14-21-17-9-11-19(12-10-17)22-18-7-2-1-3-8-18/h1-13,21-22H,14,20H2. The minimum Gasteiger partial charge on any atom is -0.399 e. The van der Waals surface area contributed by atoms with Gasteiger partial charge in [0.05, 0.1) is 0 Å². The van der Waals surface area contributed by atoms with Gasteiger partial charge in [-0.15, -0.1) is 0 Å². The van der Waals surface area contributed by atoms with Crippen LogP contribution in [0.25, 0.3) is 0 Å². The van der Waals surface area contributed by atoms with E-state index in [-0.39, 0.29) is 0 Å². The van der Waals surface area contributed by atoms with Crippen molar-refractivity contribution in [1.82, 2.24) is 0 Å². The topological polar surface area (TPSA) is 50.1 Å². The van der Waals surface area contributed by atoms with Gasteiger partial charge in [-0.1, -0.05) is 30.3 Å². The molecule has 0 aromatic heterocycles. The second-order valence-corrected chi connectivity index (χ2v) is 5.17. The molecule has 3 aromatic carbocycles. The van der Waals surface area contributed by atoms with Crippen LogP contribution in [0.1, 0.15) is 5.56 Å². The highest BCUT2D eigenvalue weighted by Gasteiger charge is 1.97. The predicted octanol–water partition coefficient (Wildman–Crippen LogP) is 4.62. The molecule has 0 fully saturated rings. The molecule has 4 N–H and O–H groups in total. The fourth-order valence-corrected chi connectivity index (χ4v) is 2.27. The lowest BCUT2D eigenvalue weighted by molar-refractivity contribution is 1.15. The van der Waals surface area contributed by atoms with E-state index in [4.69, 9.17) is 5.73 Å². The van der Waals surface area contributed by atoms with Gasteiger partial charge in [-0.2, -0.15) is 0 Å². The molecule has 0 heterocycles. The molecule has 0 aliphatic heterocycles. The summed E-state index contributed by atoms with van der Waals surface area (Å²) in [6, 6.07) is 26.3. The molecule has 0 unspecified atom stereocenters. The zero-order chi connectivity index (χ0) is 15.2. The van der Waals surface area contributed by atoms with Gasteiger partial charge < -0.3 is 16.4 Å². The van der Waals surface area contributed by atoms with Crippen LogP contribution in [0, 0.1) is 0 Å². The van der Waals surface area contributed by atoms with Crippen LogP contribution >= 0.6 is 0 Å². The Morgan fingerprint density at radius 1 is 0.682 bits per heavy atom. The lowest BCUT2D eigenvalue weighted by Gasteiger charge is -2.10. The maximum atomic E-state index is 5.78. The molecule has 0 saturated heterocycles. The number of rotatable bonds is 5. The number of para-hydroxylation sites is 1. The average molecular weight is 289 g/mol. The first-order valence-electron chi connectivity index (χ1n) is 7.30. The highest BCUT2D eigenvalue weighted by atomic mass is 14.9. The summed E-state index contributed by atoms with van der Waals surface area (Å²) in [7, 11) is 0. The van der Waals surface area contributed by atoms with E-state index in [1.165, 1.54) is 5.56 Å². The maximum absolute atomic E-state index is 5.78. The first-order valence-corrected chi connectivity index (χ1v) is 7.30. The summed E-state index contributed by atoms with van der Waals surface area (Å²) in [5.41, 5.74) is 11.0. The van der Waals surface area contributed by atoms with Crippen LogP contribution in [0.2, 0.25) is 0 Å². The van der Waals surface area contributed by atoms with E-state index in [1.807, 2.05) is 48.5 Å². The lowest BCUT2D eigenvalue weighted by atomic mass is 10.2. The van der Waals surface area contributed by atoms with E-state index in [0.29, 0.717) is 0 Å². The lowest BCUT2D eigenvalue weighted by Crippen LogP contribution is -2.00. The van der Waals surface area contributed by atoms with E-state index in [2.05, 4.69) is 41.0 Å². The molecule has 0 bridgehead atoms. The van der Waals surface area contributed by atoms with Gasteiger partial charge in [0.25, 0.3) is 0 Å². The fraction of sp³-hybridized carbons (Fsp3) is 0.0526. The predicted molar refractivity (Wildman–Crippen MR) is 94.3 cm³/mol. The molecule has 3 nitrogen and oxygen atoms in total. The van der Waals surface area contributed by atoms with E-state index >= 15 is 0 Å². The number of nitrogen functional groups attached to an aromatic ring is 1. The third kappa shape index (κ3) is 3.79. The largest absolute Gasteiger partial charge is 0.399 e. The number of benzene rings is 3. The van der Waals surface area contributed by atoms with Crippen molar-refractivity contribution in [3.8, 4) is 0 Å². The van der Waals surface area contributed by atoms with Crippen LogP contribution in [-0.4, -0.2) is 0 Å². The summed E-state index contributed by atoms with van der Waals surface area (Å²) in [5.74, 6) is 0. The Kier molecular flexibility index (Phi) is 4.25. The van der Waals surface area contributed by atoms with Crippen molar-refractivity contribution in [1.29, 1.82) is 0 Å². The molecular formula is C19H19N3. The summed E-state index contributed by atoms with van der Waals surface area (Å²) in [5, 5.41) is 6.76. The molecule has 3 heteroatoms. The fourth-order valence-electron chi connectivity index (χ4n) is 2.27. The van der Waals surface area contributed by atoms with Crippen molar-refractivity contribution < 1.29 is 0 Å². The summed E-state index contributed by atoms with van der Waals surface area (Å²) >= 11 is 0. The van der Waals surface area contributed by atoms with Gasteiger partial charge >= 0.3 is 0 Å². The molecular weight excluding hydrogens is 270 g/mol. The average Bonchev–Trinajstić information content (AvgIpc) is 2.55. The van der Waals surface area contributed by atoms with Gasteiger partial charge in [0.1, 0.15) is 0 Å². The number of nitrogens with two attached hydrogens (primary N) is 1. The smallest absolute Gasteiger partial charge is 0.0401 e. The first-order chi connectivity index (χ1) is 10.8. The Labute approximate surface area is 130 Å². The molecule has 0 aliphatic rings. The monoisotopic (exact) mass is 289 g/mol. The van der Waals surface area contributed by atoms with Crippen molar-refractivity contribution >= 4 is 22.7 Å². The van der Waals surface area contributed by atoms with Crippen LogP contribution in [0.4, 0.5) is 22.7 Å². The zero-order valence-corrected chi connectivity index (χ0v) is 12.3. The Morgan fingerprint density at radius 2 is 1.36 bits per heavy atom. The zero-order valence-electron chi connectivity index (χ0n) is 12.3. The number of anilines is 4. The Morgan fingerprint density at radius 3 is 2.09 bits per heavy atom. The van der Waals surface area contributed by atoms with Gasteiger partial charge in [0.2, 0.25) is 0 Å². The van der Waals surface area contributed by atoms with Crippen molar-refractivity contribution in [3.63, 3.8) is 0 Å². The molecule has 110 valence electrons. The normalized spacial score (nSPS) is 10.2. The first kappa shape index (κ1) is 14.0. The molecule has 0 spiro atoms. The molecule has 22 heavy (non-hydrogen) atoms. The maximum Gasteiger partial charge on any atom is 0.0401 e. The SMILES string of the molecule is Nc1cccc(CNc2ccc(Nc3ccccc3)cc2)c1. The summed E-state index contributed by atoms with van der Waals surface area (Å²) < 4.78 is 0. The molecule has 0 amide bonds. The second kappa shape index (κ2) is 6.68. The van der Waals surface area contributed by atoms with Crippen molar-refractivity contribution in [2.75, 3.05) is 16.4 Å². The van der Waals surface area contributed by atoms with Crippen LogP contribution in [0.15, 0.2) is 78.9 Å².